The first kappa shape index (κ1) is 18.7. The Balaban J connectivity index is 1.56. The molecule has 7 nitrogen and oxygen atoms in total. The fourth-order valence-corrected chi connectivity index (χ4v) is 2.82. The van der Waals surface area contributed by atoms with Crippen molar-refractivity contribution < 1.29 is 18.7 Å². The van der Waals surface area contributed by atoms with Crippen LogP contribution in [0.1, 0.15) is 17.3 Å². The number of ketones is 1. The number of aromatic nitrogens is 2. The molecule has 0 aliphatic carbocycles. The van der Waals surface area contributed by atoms with Crippen molar-refractivity contribution in [3.05, 3.63) is 54.1 Å². The molecule has 1 N–H and O–H groups in total. The SMILES string of the molecule is COc1cccc(-c2nnc(SCC(=O)Nc3ccc(C(C)=O)cc3)o2)c1. The van der Waals surface area contributed by atoms with Crippen molar-refractivity contribution in [3.8, 4) is 17.2 Å². The summed E-state index contributed by atoms with van der Waals surface area (Å²) in [5, 5.41) is 11.0. The lowest BCUT2D eigenvalue weighted by atomic mass is 10.1. The largest absolute Gasteiger partial charge is 0.497 e. The van der Waals surface area contributed by atoms with Gasteiger partial charge in [0.2, 0.25) is 11.8 Å². The molecule has 0 saturated carbocycles. The van der Waals surface area contributed by atoms with Gasteiger partial charge in [0.1, 0.15) is 5.75 Å². The molecule has 0 aliphatic heterocycles. The van der Waals surface area contributed by atoms with Gasteiger partial charge in [-0.25, -0.2) is 0 Å². The summed E-state index contributed by atoms with van der Waals surface area (Å²) >= 11 is 1.14. The standard InChI is InChI=1S/C19H17N3O4S/c1-12(23)13-6-8-15(9-7-13)20-17(24)11-27-19-22-21-18(26-19)14-4-3-5-16(10-14)25-2/h3-10H,11H2,1-2H3,(H,20,24). The maximum atomic E-state index is 12.1. The Morgan fingerprint density at radius 1 is 1.15 bits per heavy atom. The number of thioether (sulfide) groups is 1. The second kappa shape index (κ2) is 8.50. The van der Waals surface area contributed by atoms with Gasteiger partial charge in [-0.15, -0.1) is 10.2 Å². The van der Waals surface area contributed by atoms with Crippen molar-refractivity contribution in [2.75, 3.05) is 18.2 Å². The third-order valence-corrected chi connectivity index (χ3v) is 4.44. The average molecular weight is 383 g/mol. The van der Waals surface area contributed by atoms with Crippen molar-refractivity contribution >= 4 is 29.1 Å². The minimum atomic E-state index is -0.211. The van der Waals surface area contributed by atoms with Gasteiger partial charge in [0, 0.05) is 16.8 Å². The van der Waals surface area contributed by atoms with Gasteiger partial charge in [-0.1, -0.05) is 17.8 Å². The van der Waals surface area contributed by atoms with Crippen molar-refractivity contribution in [2.24, 2.45) is 0 Å². The van der Waals surface area contributed by atoms with Crippen molar-refractivity contribution in [2.45, 2.75) is 12.1 Å². The van der Waals surface area contributed by atoms with Gasteiger partial charge in [0.05, 0.1) is 12.9 Å². The first-order chi connectivity index (χ1) is 13.0. The molecule has 138 valence electrons. The smallest absolute Gasteiger partial charge is 0.277 e. The van der Waals surface area contributed by atoms with E-state index in [0.717, 1.165) is 17.3 Å². The van der Waals surface area contributed by atoms with Crippen LogP contribution in [0.15, 0.2) is 58.2 Å². The van der Waals surface area contributed by atoms with E-state index in [4.69, 9.17) is 9.15 Å². The molecule has 0 saturated heterocycles. The highest BCUT2D eigenvalue weighted by Gasteiger charge is 2.12. The van der Waals surface area contributed by atoms with Crippen LogP contribution in [0.25, 0.3) is 11.5 Å². The summed E-state index contributed by atoms with van der Waals surface area (Å²) in [6.45, 7) is 1.49. The molecule has 1 heterocycles. The van der Waals surface area contributed by atoms with Crippen LogP contribution in [-0.4, -0.2) is 34.8 Å². The van der Waals surface area contributed by atoms with Crippen LogP contribution < -0.4 is 10.1 Å². The highest BCUT2D eigenvalue weighted by molar-refractivity contribution is 7.99. The number of nitrogens with one attached hydrogen (secondary N) is 1. The number of nitrogens with zero attached hydrogens (tertiary/aromatic N) is 2. The van der Waals surface area contributed by atoms with Crippen LogP contribution in [0, 0.1) is 0 Å². The molecular formula is C19H17N3O4S. The van der Waals surface area contributed by atoms with E-state index in [0.29, 0.717) is 28.1 Å². The molecule has 27 heavy (non-hydrogen) atoms. The monoisotopic (exact) mass is 383 g/mol. The zero-order valence-corrected chi connectivity index (χ0v) is 15.6. The van der Waals surface area contributed by atoms with Gasteiger partial charge >= 0.3 is 0 Å². The van der Waals surface area contributed by atoms with Gasteiger partial charge in [-0.2, -0.15) is 0 Å². The number of hydrogen-bond acceptors (Lipinski definition) is 7. The van der Waals surface area contributed by atoms with E-state index in [-0.39, 0.29) is 17.4 Å². The summed E-state index contributed by atoms with van der Waals surface area (Å²) in [6, 6.07) is 14.0. The maximum Gasteiger partial charge on any atom is 0.277 e. The van der Waals surface area contributed by atoms with Gasteiger partial charge in [-0.3, -0.25) is 9.59 Å². The lowest BCUT2D eigenvalue weighted by Crippen LogP contribution is -2.14. The minimum absolute atomic E-state index is 0.0216. The number of rotatable bonds is 7. The van der Waals surface area contributed by atoms with Crippen molar-refractivity contribution in [1.29, 1.82) is 0 Å². The number of Topliss-reactive ketones (excluding diaryl/α,β-unsaturated/α-hetero) is 1. The van der Waals surface area contributed by atoms with Crippen LogP contribution in [0.3, 0.4) is 0 Å². The average Bonchev–Trinajstić information content (AvgIpc) is 3.16. The molecule has 1 aromatic heterocycles. The van der Waals surface area contributed by atoms with E-state index >= 15 is 0 Å². The Labute approximate surface area is 160 Å². The summed E-state index contributed by atoms with van der Waals surface area (Å²) in [4.78, 5) is 23.3. The summed E-state index contributed by atoms with van der Waals surface area (Å²) < 4.78 is 10.8. The number of carbonyl (C=O) groups is 2. The molecule has 0 bridgehead atoms. The Bertz CT molecular complexity index is 954. The van der Waals surface area contributed by atoms with Gasteiger partial charge in [0.15, 0.2) is 5.78 Å². The number of ether oxygens (including phenoxy) is 1. The zero-order valence-electron chi connectivity index (χ0n) is 14.8. The zero-order chi connectivity index (χ0) is 19.2. The summed E-state index contributed by atoms with van der Waals surface area (Å²) in [6.07, 6.45) is 0. The number of hydrogen-bond donors (Lipinski definition) is 1. The predicted octanol–water partition coefficient (Wildman–Crippen LogP) is 3.68. The third kappa shape index (κ3) is 4.95. The topological polar surface area (TPSA) is 94.3 Å². The molecule has 0 atom stereocenters. The molecule has 0 spiro atoms. The van der Waals surface area contributed by atoms with E-state index in [1.165, 1.54) is 6.92 Å². The lowest BCUT2D eigenvalue weighted by Gasteiger charge is -2.04. The molecule has 3 rings (SSSR count). The first-order valence-corrected chi connectivity index (χ1v) is 9.05. The molecule has 0 radical (unpaired) electrons. The van der Waals surface area contributed by atoms with Gasteiger partial charge in [0.25, 0.3) is 5.22 Å². The molecular weight excluding hydrogens is 366 g/mol. The van der Waals surface area contributed by atoms with Gasteiger partial charge < -0.3 is 14.5 Å². The Hall–Kier alpha value is -3.13. The fourth-order valence-electron chi connectivity index (χ4n) is 2.25. The lowest BCUT2D eigenvalue weighted by molar-refractivity contribution is -0.113. The maximum absolute atomic E-state index is 12.1. The van der Waals surface area contributed by atoms with Crippen LogP contribution in [0.4, 0.5) is 5.69 Å². The Kier molecular flexibility index (Phi) is 5.87. The predicted molar refractivity (Wildman–Crippen MR) is 102 cm³/mol. The molecule has 0 unspecified atom stereocenters. The Morgan fingerprint density at radius 2 is 1.93 bits per heavy atom. The fraction of sp³-hybridized carbons (Fsp3) is 0.158. The molecule has 3 aromatic rings. The molecule has 0 aliphatic rings. The van der Waals surface area contributed by atoms with Crippen molar-refractivity contribution in [1.82, 2.24) is 10.2 Å². The van der Waals surface area contributed by atoms with Crippen LogP contribution in [0.5, 0.6) is 5.75 Å². The minimum Gasteiger partial charge on any atom is -0.497 e. The van der Waals surface area contributed by atoms with Crippen molar-refractivity contribution in [3.63, 3.8) is 0 Å². The highest BCUT2D eigenvalue weighted by atomic mass is 32.2. The van der Waals surface area contributed by atoms with Gasteiger partial charge in [-0.05, 0) is 49.4 Å². The first-order valence-electron chi connectivity index (χ1n) is 8.07. The van der Waals surface area contributed by atoms with Crippen LogP contribution in [-0.2, 0) is 4.79 Å². The van der Waals surface area contributed by atoms with E-state index < -0.39 is 0 Å². The Morgan fingerprint density at radius 3 is 2.63 bits per heavy atom. The second-order valence-electron chi connectivity index (χ2n) is 5.58. The third-order valence-electron chi connectivity index (χ3n) is 3.63. The molecule has 1 amide bonds. The summed E-state index contributed by atoms with van der Waals surface area (Å²) in [5.74, 6) is 0.934. The van der Waals surface area contributed by atoms with Crippen LogP contribution >= 0.6 is 11.8 Å². The summed E-state index contributed by atoms with van der Waals surface area (Å²) in [5.41, 5.74) is 1.95. The summed E-state index contributed by atoms with van der Waals surface area (Å²) in [7, 11) is 1.58. The number of anilines is 1. The molecule has 0 fully saturated rings. The number of benzene rings is 2. The number of carbonyl (C=O) groups excluding carboxylic acids is 2. The number of amides is 1. The molecule has 2 aromatic carbocycles. The molecule has 8 heteroatoms. The van der Waals surface area contributed by atoms with E-state index in [2.05, 4.69) is 15.5 Å². The normalized spacial score (nSPS) is 10.4. The van der Waals surface area contributed by atoms with E-state index in [9.17, 15) is 9.59 Å². The second-order valence-corrected chi connectivity index (χ2v) is 6.50. The van der Waals surface area contributed by atoms with E-state index in [1.54, 1.807) is 37.4 Å². The van der Waals surface area contributed by atoms with E-state index in [1.807, 2.05) is 18.2 Å². The highest BCUT2D eigenvalue weighted by Crippen LogP contribution is 2.25. The van der Waals surface area contributed by atoms with Crippen LogP contribution in [0.2, 0.25) is 0 Å². The number of methoxy groups -OCH3 is 1. The quantitative estimate of drug-likeness (QED) is 0.491.